The Bertz CT molecular complexity index is 528. The Morgan fingerprint density at radius 1 is 1.35 bits per heavy atom. The first kappa shape index (κ1) is 12.3. The molecule has 2 rings (SSSR count). The largest absolute Gasteiger partial charge is 0.324 e. The Morgan fingerprint density at radius 3 is 2.53 bits per heavy atom. The second-order valence-corrected chi connectivity index (χ2v) is 5.04. The van der Waals surface area contributed by atoms with E-state index in [9.17, 15) is 0 Å². The van der Waals surface area contributed by atoms with Crippen LogP contribution in [0.2, 0.25) is 0 Å². The summed E-state index contributed by atoms with van der Waals surface area (Å²) >= 11 is 3.37. The Labute approximate surface area is 109 Å². The van der Waals surface area contributed by atoms with Crippen LogP contribution in [0.5, 0.6) is 0 Å². The molecule has 0 aliphatic carbocycles. The number of aryl methyl sites for hydroxylation is 1. The van der Waals surface area contributed by atoms with Gasteiger partial charge in [-0.25, -0.2) is 9.67 Å². The van der Waals surface area contributed by atoms with Crippen molar-refractivity contribution < 1.29 is 0 Å². The third-order valence-corrected chi connectivity index (χ3v) is 3.20. The molecule has 0 saturated carbocycles. The maximum atomic E-state index is 5.95. The molecule has 17 heavy (non-hydrogen) atoms. The molecule has 0 spiro atoms. The Hall–Kier alpha value is -1.20. The lowest BCUT2D eigenvalue weighted by Crippen LogP contribution is -2.08. The molecule has 0 amide bonds. The summed E-state index contributed by atoms with van der Waals surface area (Å²) in [4.78, 5) is 4.34. The molecule has 1 unspecified atom stereocenters. The highest BCUT2D eigenvalue weighted by Gasteiger charge is 2.15. The fraction of sp³-hybridized carbons (Fsp3) is 0.333. The predicted molar refractivity (Wildman–Crippen MR) is 71.1 cm³/mol. The van der Waals surface area contributed by atoms with E-state index in [1.54, 1.807) is 6.20 Å². The van der Waals surface area contributed by atoms with Crippen molar-refractivity contribution in [2.75, 3.05) is 0 Å². The second-order valence-electron chi connectivity index (χ2n) is 4.12. The molecule has 5 heteroatoms. The van der Waals surface area contributed by atoms with Crippen molar-refractivity contribution >= 4 is 15.9 Å². The molecule has 2 heterocycles. The van der Waals surface area contributed by atoms with Gasteiger partial charge in [0, 0.05) is 28.0 Å². The van der Waals surface area contributed by atoms with Gasteiger partial charge in [-0.05, 0) is 48.8 Å². The number of rotatable bonds is 2. The average molecular weight is 295 g/mol. The van der Waals surface area contributed by atoms with Gasteiger partial charge >= 0.3 is 0 Å². The summed E-state index contributed by atoms with van der Waals surface area (Å²) in [6.07, 6.45) is 1.76. The summed E-state index contributed by atoms with van der Waals surface area (Å²) in [7, 11) is 0. The van der Waals surface area contributed by atoms with Crippen LogP contribution in [0.25, 0.3) is 5.82 Å². The van der Waals surface area contributed by atoms with Crippen molar-refractivity contribution in [2.24, 2.45) is 5.73 Å². The van der Waals surface area contributed by atoms with Gasteiger partial charge in [0.2, 0.25) is 0 Å². The van der Waals surface area contributed by atoms with Gasteiger partial charge in [-0.1, -0.05) is 0 Å². The van der Waals surface area contributed by atoms with Crippen molar-refractivity contribution in [1.29, 1.82) is 0 Å². The van der Waals surface area contributed by atoms with E-state index < -0.39 is 0 Å². The Morgan fingerprint density at radius 2 is 2.06 bits per heavy atom. The number of nitrogens with zero attached hydrogens (tertiary/aromatic N) is 3. The highest BCUT2D eigenvalue weighted by molar-refractivity contribution is 9.10. The average Bonchev–Trinajstić information content (AvgIpc) is 2.55. The van der Waals surface area contributed by atoms with Crippen LogP contribution in [0.15, 0.2) is 22.8 Å². The van der Waals surface area contributed by atoms with Gasteiger partial charge < -0.3 is 5.73 Å². The number of pyridine rings is 1. The van der Waals surface area contributed by atoms with Crippen molar-refractivity contribution in [1.82, 2.24) is 14.8 Å². The summed E-state index contributed by atoms with van der Waals surface area (Å²) in [5.74, 6) is 0.806. The molecule has 90 valence electrons. The maximum absolute atomic E-state index is 5.95. The van der Waals surface area contributed by atoms with Crippen LogP contribution in [0, 0.1) is 13.8 Å². The number of halogens is 1. The predicted octanol–water partition coefficient (Wildman–Crippen LogP) is 2.67. The minimum Gasteiger partial charge on any atom is -0.324 e. The number of aromatic nitrogens is 3. The van der Waals surface area contributed by atoms with Crippen LogP contribution in [-0.4, -0.2) is 14.8 Å². The van der Waals surface area contributed by atoms with Crippen molar-refractivity contribution in [3.8, 4) is 5.82 Å². The van der Waals surface area contributed by atoms with Gasteiger partial charge in [0.05, 0.1) is 5.69 Å². The van der Waals surface area contributed by atoms with Gasteiger partial charge in [-0.2, -0.15) is 5.10 Å². The minimum absolute atomic E-state index is 0.0146. The lowest BCUT2D eigenvalue weighted by atomic mass is 10.1. The molecule has 2 aromatic heterocycles. The summed E-state index contributed by atoms with van der Waals surface area (Å²) in [6, 6.07) is 3.86. The highest BCUT2D eigenvalue weighted by Crippen LogP contribution is 2.22. The molecule has 0 fully saturated rings. The number of hydrogen-bond donors (Lipinski definition) is 1. The first-order chi connectivity index (χ1) is 8.00. The molecule has 1 atom stereocenters. The Balaban J connectivity index is 2.53. The topological polar surface area (TPSA) is 56.7 Å². The van der Waals surface area contributed by atoms with Crippen LogP contribution in [0.3, 0.4) is 0 Å². The van der Waals surface area contributed by atoms with Gasteiger partial charge in [0.1, 0.15) is 0 Å². The Kier molecular flexibility index (Phi) is 3.31. The fourth-order valence-electron chi connectivity index (χ4n) is 2.03. The fourth-order valence-corrected chi connectivity index (χ4v) is 2.26. The van der Waals surface area contributed by atoms with Gasteiger partial charge in [-0.15, -0.1) is 0 Å². The zero-order chi connectivity index (χ0) is 12.6. The van der Waals surface area contributed by atoms with E-state index in [1.807, 2.05) is 37.6 Å². The monoisotopic (exact) mass is 294 g/mol. The summed E-state index contributed by atoms with van der Waals surface area (Å²) in [5.41, 5.74) is 9.05. The van der Waals surface area contributed by atoms with E-state index in [0.717, 1.165) is 27.2 Å². The van der Waals surface area contributed by atoms with Crippen LogP contribution in [-0.2, 0) is 0 Å². The minimum atomic E-state index is -0.0146. The lowest BCUT2D eigenvalue weighted by molar-refractivity contribution is 0.787. The van der Waals surface area contributed by atoms with Crippen molar-refractivity contribution in [3.63, 3.8) is 0 Å². The molecule has 2 N–H and O–H groups in total. The number of hydrogen-bond acceptors (Lipinski definition) is 3. The van der Waals surface area contributed by atoms with E-state index >= 15 is 0 Å². The van der Waals surface area contributed by atoms with E-state index in [2.05, 4.69) is 26.0 Å². The highest BCUT2D eigenvalue weighted by atomic mass is 79.9. The first-order valence-electron chi connectivity index (χ1n) is 5.44. The van der Waals surface area contributed by atoms with Crippen LogP contribution in [0.1, 0.15) is 29.9 Å². The molecular formula is C12H15BrN4. The van der Waals surface area contributed by atoms with Crippen molar-refractivity contribution in [3.05, 3.63) is 39.8 Å². The summed E-state index contributed by atoms with van der Waals surface area (Å²) in [6.45, 7) is 5.96. The van der Waals surface area contributed by atoms with Crippen molar-refractivity contribution in [2.45, 2.75) is 26.8 Å². The first-order valence-corrected chi connectivity index (χ1v) is 6.23. The van der Waals surface area contributed by atoms with E-state index in [0.29, 0.717) is 0 Å². The molecule has 4 nitrogen and oxygen atoms in total. The third-order valence-electron chi connectivity index (χ3n) is 2.73. The van der Waals surface area contributed by atoms with E-state index in [-0.39, 0.29) is 6.04 Å². The quantitative estimate of drug-likeness (QED) is 0.926. The third kappa shape index (κ3) is 2.25. The standard InChI is InChI=1S/C12H15BrN4/c1-7(14)12-8(2)16-17(9(12)3)11-5-4-10(13)6-15-11/h4-7H,14H2,1-3H3. The van der Waals surface area contributed by atoms with Gasteiger partial charge in [0.15, 0.2) is 5.82 Å². The smallest absolute Gasteiger partial charge is 0.153 e. The molecule has 2 aromatic rings. The maximum Gasteiger partial charge on any atom is 0.153 e. The van der Waals surface area contributed by atoms with Crippen LogP contribution in [0.4, 0.5) is 0 Å². The molecule has 0 aromatic carbocycles. The normalized spacial score (nSPS) is 12.8. The molecular weight excluding hydrogens is 280 g/mol. The molecule has 0 aliphatic heterocycles. The van der Waals surface area contributed by atoms with Crippen LogP contribution >= 0.6 is 15.9 Å². The zero-order valence-electron chi connectivity index (χ0n) is 10.1. The summed E-state index contributed by atoms with van der Waals surface area (Å²) < 4.78 is 2.79. The lowest BCUT2D eigenvalue weighted by Gasteiger charge is -2.06. The van der Waals surface area contributed by atoms with Crippen LogP contribution < -0.4 is 5.73 Å². The van der Waals surface area contributed by atoms with Gasteiger partial charge in [-0.3, -0.25) is 0 Å². The van der Waals surface area contributed by atoms with E-state index in [4.69, 9.17) is 5.73 Å². The second kappa shape index (κ2) is 4.58. The molecule has 0 aliphatic rings. The SMILES string of the molecule is Cc1nn(-c2ccc(Br)cn2)c(C)c1C(C)N. The molecule has 0 bridgehead atoms. The summed E-state index contributed by atoms with van der Waals surface area (Å²) in [5, 5.41) is 4.49. The zero-order valence-corrected chi connectivity index (χ0v) is 11.7. The van der Waals surface area contributed by atoms with E-state index in [1.165, 1.54) is 0 Å². The van der Waals surface area contributed by atoms with Gasteiger partial charge in [0.25, 0.3) is 0 Å². The number of nitrogens with two attached hydrogens (primary N) is 1. The molecule has 0 saturated heterocycles. The molecule has 0 radical (unpaired) electrons.